The molecule has 0 bridgehead atoms. The van der Waals surface area contributed by atoms with E-state index in [1.54, 1.807) is 6.20 Å². The first kappa shape index (κ1) is 11.2. The standard InChI is InChI=1S/C8H9BrN2O2S2/c9-6-3-10-7(11-8(6)14)5-1-2-15(12,13)4-5/h3,5H,1-2,4H2,(H,10,11,14). The summed E-state index contributed by atoms with van der Waals surface area (Å²) in [6.07, 6.45) is 2.24. The fraction of sp³-hybridized carbons (Fsp3) is 0.500. The molecule has 1 unspecified atom stereocenters. The van der Waals surface area contributed by atoms with Crippen molar-refractivity contribution in [3.63, 3.8) is 0 Å². The van der Waals surface area contributed by atoms with Crippen LogP contribution in [-0.2, 0) is 9.84 Å². The van der Waals surface area contributed by atoms with Crippen LogP contribution in [0.15, 0.2) is 10.7 Å². The van der Waals surface area contributed by atoms with Crippen LogP contribution in [-0.4, -0.2) is 29.9 Å². The number of rotatable bonds is 1. The van der Waals surface area contributed by atoms with Crippen molar-refractivity contribution in [2.75, 3.05) is 11.5 Å². The first-order valence-corrected chi connectivity index (χ1v) is 7.45. The molecule has 0 amide bonds. The van der Waals surface area contributed by atoms with Crippen LogP contribution in [0, 0.1) is 4.64 Å². The van der Waals surface area contributed by atoms with E-state index in [1.165, 1.54) is 0 Å². The summed E-state index contributed by atoms with van der Waals surface area (Å²) in [5.41, 5.74) is 0. The molecule has 15 heavy (non-hydrogen) atoms. The Labute approximate surface area is 101 Å². The number of nitrogens with zero attached hydrogens (tertiary/aromatic N) is 1. The van der Waals surface area contributed by atoms with E-state index in [0.29, 0.717) is 16.9 Å². The molecule has 2 heterocycles. The van der Waals surface area contributed by atoms with Crippen molar-refractivity contribution in [3.05, 3.63) is 21.1 Å². The van der Waals surface area contributed by atoms with Crippen molar-refractivity contribution in [2.45, 2.75) is 12.3 Å². The fourth-order valence-corrected chi connectivity index (χ4v) is 3.72. The van der Waals surface area contributed by atoms with Crippen LogP contribution in [0.1, 0.15) is 18.2 Å². The molecule has 2 rings (SSSR count). The predicted octanol–water partition coefficient (Wildman–Crippen LogP) is 1.80. The summed E-state index contributed by atoms with van der Waals surface area (Å²) in [5, 5.41) is 0. The Bertz CT molecular complexity index is 538. The number of hydrogen-bond acceptors (Lipinski definition) is 4. The van der Waals surface area contributed by atoms with Gasteiger partial charge in [0, 0.05) is 12.1 Å². The second-order valence-electron chi connectivity index (χ2n) is 3.55. The molecule has 1 aromatic heterocycles. The van der Waals surface area contributed by atoms with Gasteiger partial charge in [0.15, 0.2) is 9.84 Å². The molecule has 1 atom stereocenters. The molecule has 0 aromatic carbocycles. The molecule has 0 aliphatic carbocycles. The normalized spacial score (nSPS) is 24.2. The third kappa shape index (κ3) is 2.46. The average molecular weight is 309 g/mol. The first-order chi connectivity index (χ1) is 6.98. The van der Waals surface area contributed by atoms with Gasteiger partial charge in [0.2, 0.25) is 0 Å². The highest BCUT2D eigenvalue weighted by molar-refractivity contribution is 9.10. The molecule has 1 fully saturated rings. The SMILES string of the molecule is O=S1(=O)CCC(c2ncc(Br)c(=S)[nH]2)C1. The van der Waals surface area contributed by atoms with Gasteiger partial charge in [-0.25, -0.2) is 13.4 Å². The van der Waals surface area contributed by atoms with Gasteiger partial charge in [-0.1, -0.05) is 12.2 Å². The van der Waals surface area contributed by atoms with E-state index in [2.05, 4.69) is 25.9 Å². The monoisotopic (exact) mass is 308 g/mol. The van der Waals surface area contributed by atoms with E-state index in [9.17, 15) is 8.42 Å². The van der Waals surface area contributed by atoms with E-state index in [-0.39, 0.29) is 17.4 Å². The minimum atomic E-state index is -2.87. The van der Waals surface area contributed by atoms with Crippen molar-refractivity contribution in [2.24, 2.45) is 0 Å². The third-order valence-electron chi connectivity index (χ3n) is 2.39. The Hall–Kier alpha value is -0.270. The minimum absolute atomic E-state index is 0.0372. The summed E-state index contributed by atoms with van der Waals surface area (Å²) in [4.78, 5) is 7.10. The van der Waals surface area contributed by atoms with Crippen LogP contribution < -0.4 is 0 Å². The van der Waals surface area contributed by atoms with Gasteiger partial charge in [0.25, 0.3) is 0 Å². The first-order valence-electron chi connectivity index (χ1n) is 4.43. The quantitative estimate of drug-likeness (QED) is 0.804. The zero-order valence-electron chi connectivity index (χ0n) is 7.73. The Morgan fingerprint density at radius 1 is 1.60 bits per heavy atom. The number of H-pyrrole nitrogens is 1. The molecule has 0 saturated carbocycles. The maximum Gasteiger partial charge on any atom is 0.151 e. The van der Waals surface area contributed by atoms with Gasteiger partial charge in [0.05, 0.1) is 16.0 Å². The summed E-state index contributed by atoms with van der Waals surface area (Å²) in [6, 6.07) is 0. The molecule has 1 N–H and O–H groups in total. The lowest BCUT2D eigenvalue weighted by molar-refractivity contribution is 0.601. The van der Waals surface area contributed by atoms with Crippen molar-refractivity contribution in [3.8, 4) is 0 Å². The van der Waals surface area contributed by atoms with Gasteiger partial charge >= 0.3 is 0 Å². The zero-order chi connectivity index (χ0) is 11.1. The molecule has 1 aliphatic heterocycles. The second-order valence-corrected chi connectivity index (χ2v) is 7.04. The molecular weight excluding hydrogens is 300 g/mol. The van der Waals surface area contributed by atoms with Crippen LogP contribution in [0.3, 0.4) is 0 Å². The number of aromatic amines is 1. The lowest BCUT2D eigenvalue weighted by atomic mass is 10.1. The molecule has 1 aliphatic rings. The van der Waals surface area contributed by atoms with Gasteiger partial charge in [-0.05, 0) is 22.4 Å². The fourth-order valence-electron chi connectivity index (χ4n) is 1.61. The van der Waals surface area contributed by atoms with Crippen molar-refractivity contribution in [1.29, 1.82) is 0 Å². The van der Waals surface area contributed by atoms with Crippen molar-refractivity contribution >= 4 is 38.0 Å². The van der Waals surface area contributed by atoms with E-state index in [0.717, 1.165) is 4.47 Å². The van der Waals surface area contributed by atoms with E-state index in [4.69, 9.17) is 12.2 Å². The predicted molar refractivity (Wildman–Crippen MR) is 63.1 cm³/mol. The van der Waals surface area contributed by atoms with Crippen LogP contribution in [0.25, 0.3) is 0 Å². The molecule has 1 aromatic rings. The molecule has 0 radical (unpaired) electrons. The highest BCUT2D eigenvalue weighted by Gasteiger charge is 2.30. The maximum absolute atomic E-state index is 11.3. The van der Waals surface area contributed by atoms with Gasteiger partial charge in [-0.2, -0.15) is 0 Å². The molecule has 1 saturated heterocycles. The summed E-state index contributed by atoms with van der Waals surface area (Å²) < 4.78 is 23.9. The van der Waals surface area contributed by atoms with Crippen LogP contribution >= 0.6 is 28.1 Å². The molecule has 82 valence electrons. The van der Waals surface area contributed by atoms with Crippen LogP contribution in [0.2, 0.25) is 0 Å². The highest BCUT2D eigenvalue weighted by atomic mass is 79.9. The van der Waals surface area contributed by atoms with Gasteiger partial charge in [-0.3, -0.25) is 0 Å². The summed E-state index contributed by atoms with van der Waals surface area (Å²) in [5.74, 6) is 1.05. The van der Waals surface area contributed by atoms with Crippen LogP contribution in [0.4, 0.5) is 0 Å². The highest BCUT2D eigenvalue weighted by Crippen LogP contribution is 2.26. The Kier molecular flexibility index (Phi) is 2.96. The summed E-state index contributed by atoms with van der Waals surface area (Å²) >= 11 is 8.29. The minimum Gasteiger partial charge on any atom is -0.334 e. The Morgan fingerprint density at radius 3 is 2.87 bits per heavy atom. The average Bonchev–Trinajstić information content (AvgIpc) is 2.51. The van der Waals surface area contributed by atoms with E-state index >= 15 is 0 Å². The maximum atomic E-state index is 11.3. The molecular formula is C8H9BrN2O2S2. The van der Waals surface area contributed by atoms with Gasteiger partial charge in [-0.15, -0.1) is 0 Å². The van der Waals surface area contributed by atoms with Crippen molar-refractivity contribution < 1.29 is 8.42 Å². The molecule has 4 nitrogen and oxygen atoms in total. The van der Waals surface area contributed by atoms with Crippen molar-refractivity contribution in [1.82, 2.24) is 9.97 Å². The number of aromatic nitrogens is 2. The topological polar surface area (TPSA) is 62.8 Å². The largest absolute Gasteiger partial charge is 0.334 e. The smallest absolute Gasteiger partial charge is 0.151 e. The van der Waals surface area contributed by atoms with Gasteiger partial charge in [0.1, 0.15) is 10.5 Å². The molecule has 7 heteroatoms. The lowest BCUT2D eigenvalue weighted by Gasteiger charge is -2.06. The number of nitrogens with one attached hydrogen (secondary N) is 1. The number of hydrogen-bond donors (Lipinski definition) is 1. The summed E-state index contributed by atoms with van der Waals surface area (Å²) in [6.45, 7) is 0. The Morgan fingerprint density at radius 2 is 2.33 bits per heavy atom. The summed E-state index contributed by atoms with van der Waals surface area (Å²) in [7, 11) is -2.87. The second kappa shape index (κ2) is 3.95. The molecule has 0 spiro atoms. The van der Waals surface area contributed by atoms with Gasteiger partial charge < -0.3 is 4.98 Å². The van der Waals surface area contributed by atoms with E-state index in [1.807, 2.05) is 0 Å². The number of sulfone groups is 1. The number of halogens is 1. The van der Waals surface area contributed by atoms with E-state index < -0.39 is 9.84 Å². The third-order valence-corrected chi connectivity index (χ3v) is 5.35. The zero-order valence-corrected chi connectivity index (χ0v) is 11.0. The Balaban J connectivity index is 2.32. The van der Waals surface area contributed by atoms with Crippen LogP contribution in [0.5, 0.6) is 0 Å². The lowest BCUT2D eigenvalue weighted by Crippen LogP contribution is -2.07.